The normalized spacial score (nSPS) is 11.3. The maximum Gasteiger partial charge on any atom is 0.255 e. The van der Waals surface area contributed by atoms with Gasteiger partial charge in [0.05, 0.1) is 24.9 Å². The van der Waals surface area contributed by atoms with Gasteiger partial charge in [-0.3, -0.25) is 20.0 Å². The third-order valence-electron chi connectivity index (χ3n) is 5.48. The second-order valence-corrected chi connectivity index (χ2v) is 8.03. The Labute approximate surface area is 209 Å². The molecule has 1 heterocycles. The van der Waals surface area contributed by atoms with Crippen molar-refractivity contribution in [2.24, 2.45) is 0 Å². The number of halogens is 1. The molecule has 36 heavy (non-hydrogen) atoms. The van der Waals surface area contributed by atoms with Crippen LogP contribution < -0.4 is 20.7 Å². The summed E-state index contributed by atoms with van der Waals surface area (Å²) in [6.45, 7) is -0.374. The molecular formula is C27H30FN5O3. The van der Waals surface area contributed by atoms with E-state index in [0.29, 0.717) is 30.0 Å². The zero-order chi connectivity index (χ0) is 25.8. The average Bonchev–Trinajstić information content (AvgIpc) is 2.93. The van der Waals surface area contributed by atoms with E-state index in [1.165, 1.54) is 7.11 Å². The minimum absolute atomic E-state index is 0.212. The lowest BCUT2D eigenvalue weighted by molar-refractivity contribution is -0.123. The summed E-state index contributed by atoms with van der Waals surface area (Å²) in [7, 11) is 1.48. The molecule has 9 heteroatoms. The number of pyridine rings is 1. The van der Waals surface area contributed by atoms with Crippen molar-refractivity contribution in [1.82, 2.24) is 20.9 Å². The monoisotopic (exact) mass is 491 g/mol. The molecule has 4 N–H and O–H groups in total. The molecule has 3 aromatic rings. The third-order valence-corrected chi connectivity index (χ3v) is 5.48. The summed E-state index contributed by atoms with van der Waals surface area (Å²) >= 11 is 0. The van der Waals surface area contributed by atoms with Crippen LogP contribution in [0.4, 0.5) is 4.39 Å². The SMILES string of the molecule is COc1ccc(-c2ccccc2)cc1C(=O)N[C@@H](CCCNC(=N)CF)C(=O)NCc1ccccn1. The van der Waals surface area contributed by atoms with Crippen molar-refractivity contribution in [3.05, 3.63) is 84.2 Å². The van der Waals surface area contributed by atoms with E-state index in [-0.39, 0.29) is 24.7 Å². The summed E-state index contributed by atoms with van der Waals surface area (Å²) in [6.07, 6.45) is 2.36. The van der Waals surface area contributed by atoms with Gasteiger partial charge in [0, 0.05) is 12.7 Å². The van der Waals surface area contributed by atoms with Gasteiger partial charge in [-0.25, -0.2) is 4.39 Å². The van der Waals surface area contributed by atoms with Crippen molar-refractivity contribution in [1.29, 1.82) is 5.41 Å². The highest BCUT2D eigenvalue weighted by Gasteiger charge is 2.23. The number of hydrogen-bond acceptors (Lipinski definition) is 5. The van der Waals surface area contributed by atoms with Gasteiger partial charge in [-0.05, 0) is 48.2 Å². The smallest absolute Gasteiger partial charge is 0.255 e. The van der Waals surface area contributed by atoms with Crippen LogP contribution in [-0.2, 0) is 11.3 Å². The van der Waals surface area contributed by atoms with Crippen LogP contribution in [0.25, 0.3) is 11.1 Å². The van der Waals surface area contributed by atoms with Crippen LogP contribution in [0.1, 0.15) is 28.9 Å². The summed E-state index contributed by atoms with van der Waals surface area (Å²) in [4.78, 5) is 30.5. The van der Waals surface area contributed by atoms with E-state index in [1.807, 2.05) is 42.5 Å². The first-order valence-corrected chi connectivity index (χ1v) is 11.6. The first-order valence-electron chi connectivity index (χ1n) is 11.6. The van der Waals surface area contributed by atoms with E-state index < -0.39 is 18.6 Å². The maximum atomic E-state index is 13.3. The fraction of sp³-hybridized carbons (Fsp3) is 0.259. The first kappa shape index (κ1) is 26.3. The zero-order valence-corrected chi connectivity index (χ0v) is 20.1. The number of benzene rings is 2. The third kappa shape index (κ3) is 7.63. The highest BCUT2D eigenvalue weighted by Crippen LogP contribution is 2.26. The van der Waals surface area contributed by atoms with E-state index in [2.05, 4.69) is 20.9 Å². The molecule has 1 atom stereocenters. The standard InChI is InChI=1S/C27H30FN5O3/c1-36-24-13-12-20(19-8-3-2-4-9-19)16-22(24)26(34)33-23(11-7-15-31-25(29)17-28)27(35)32-18-21-10-5-6-14-30-21/h2-6,8-10,12-14,16,23H,7,11,15,17-18H2,1H3,(H2,29,31)(H,32,35)(H,33,34)/t23-/m0/s1. The molecule has 0 bridgehead atoms. The minimum atomic E-state index is -0.887. The molecule has 0 aliphatic heterocycles. The Hall–Kier alpha value is -4.27. The molecule has 2 amide bonds. The molecule has 1 aromatic heterocycles. The Kier molecular flexibility index (Phi) is 9.93. The van der Waals surface area contributed by atoms with Crippen LogP contribution in [0.3, 0.4) is 0 Å². The van der Waals surface area contributed by atoms with Gasteiger partial charge in [-0.15, -0.1) is 0 Å². The Bertz CT molecular complexity index is 1160. The topological polar surface area (TPSA) is 116 Å². The van der Waals surface area contributed by atoms with Crippen molar-refractivity contribution >= 4 is 17.6 Å². The second kappa shape index (κ2) is 13.6. The lowest BCUT2D eigenvalue weighted by Crippen LogP contribution is -2.47. The van der Waals surface area contributed by atoms with Crippen molar-refractivity contribution in [2.75, 3.05) is 20.3 Å². The van der Waals surface area contributed by atoms with Gasteiger partial charge in [-0.2, -0.15) is 0 Å². The van der Waals surface area contributed by atoms with E-state index in [1.54, 1.807) is 30.5 Å². The van der Waals surface area contributed by atoms with Crippen LogP contribution in [-0.4, -0.2) is 49.0 Å². The summed E-state index contributed by atoms with van der Waals surface area (Å²) in [5, 5.41) is 15.7. The van der Waals surface area contributed by atoms with Crippen molar-refractivity contribution in [3.8, 4) is 16.9 Å². The van der Waals surface area contributed by atoms with Crippen molar-refractivity contribution < 1.29 is 18.7 Å². The van der Waals surface area contributed by atoms with Gasteiger partial charge in [-0.1, -0.05) is 42.5 Å². The molecule has 0 saturated carbocycles. The highest BCUT2D eigenvalue weighted by molar-refractivity contribution is 6.00. The summed E-state index contributed by atoms with van der Waals surface area (Å²) in [6, 6.07) is 19.5. The second-order valence-electron chi connectivity index (χ2n) is 8.03. The summed E-state index contributed by atoms with van der Waals surface area (Å²) in [5.41, 5.74) is 2.77. The van der Waals surface area contributed by atoms with Crippen LogP contribution >= 0.6 is 0 Å². The van der Waals surface area contributed by atoms with Gasteiger partial charge < -0.3 is 20.7 Å². The number of aromatic nitrogens is 1. The Morgan fingerprint density at radius 2 is 1.81 bits per heavy atom. The average molecular weight is 492 g/mol. The van der Waals surface area contributed by atoms with Gasteiger partial charge in [0.1, 0.15) is 24.3 Å². The molecule has 0 saturated heterocycles. The molecule has 0 fully saturated rings. The molecule has 188 valence electrons. The van der Waals surface area contributed by atoms with Gasteiger partial charge >= 0.3 is 0 Å². The zero-order valence-electron chi connectivity index (χ0n) is 20.1. The Morgan fingerprint density at radius 1 is 1.03 bits per heavy atom. The quantitative estimate of drug-likeness (QED) is 0.176. The molecule has 0 spiro atoms. The van der Waals surface area contributed by atoms with Crippen LogP contribution in [0.15, 0.2) is 72.9 Å². The summed E-state index contributed by atoms with van der Waals surface area (Å²) in [5.74, 6) is -0.657. The molecule has 8 nitrogen and oxygen atoms in total. The Balaban J connectivity index is 1.75. The number of alkyl halides is 1. The fourth-order valence-electron chi connectivity index (χ4n) is 3.60. The number of nitrogens with zero attached hydrogens (tertiary/aromatic N) is 1. The number of amidine groups is 1. The van der Waals surface area contributed by atoms with Crippen LogP contribution in [0.2, 0.25) is 0 Å². The highest BCUT2D eigenvalue weighted by atomic mass is 19.1. The molecule has 0 unspecified atom stereocenters. The molecule has 2 aromatic carbocycles. The molecule has 0 aliphatic carbocycles. The Morgan fingerprint density at radius 3 is 2.50 bits per heavy atom. The first-order chi connectivity index (χ1) is 17.5. The van der Waals surface area contributed by atoms with Crippen molar-refractivity contribution in [2.45, 2.75) is 25.4 Å². The number of carbonyl (C=O) groups excluding carboxylic acids is 2. The van der Waals surface area contributed by atoms with Crippen LogP contribution in [0, 0.1) is 5.41 Å². The maximum absolute atomic E-state index is 13.3. The van der Waals surface area contributed by atoms with E-state index >= 15 is 0 Å². The number of rotatable bonds is 12. The predicted octanol–water partition coefficient (Wildman–Crippen LogP) is 3.49. The molecule has 0 radical (unpaired) electrons. The largest absolute Gasteiger partial charge is 0.496 e. The molecular weight excluding hydrogens is 461 g/mol. The lowest BCUT2D eigenvalue weighted by Gasteiger charge is -2.20. The minimum Gasteiger partial charge on any atom is -0.496 e. The van der Waals surface area contributed by atoms with Crippen molar-refractivity contribution in [3.63, 3.8) is 0 Å². The van der Waals surface area contributed by atoms with Gasteiger partial charge in [0.15, 0.2) is 0 Å². The number of carbonyl (C=O) groups is 2. The fourth-order valence-corrected chi connectivity index (χ4v) is 3.60. The summed E-state index contributed by atoms with van der Waals surface area (Å²) < 4.78 is 17.9. The van der Waals surface area contributed by atoms with E-state index in [0.717, 1.165) is 11.1 Å². The van der Waals surface area contributed by atoms with Gasteiger partial charge in [0.25, 0.3) is 5.91 Å². The molecule has 0 aliphatic rings. The van der Waals surface area contributed by atoms with E-state index in [4.69, 9.17) is 10.1 Å². The number of nitrogens with one attached hydrogen (secondary N) is 4. The lowest BCUT2D eigenvalue weighted by atomic mass is 10.0. The van der Waals surface area contributed by atoms with Gasteiger partial charge in [0.2, 0.25) is 5.91 Å². The number of ether oxygens (including phenoxy) is 1. The predicted molar refractivity (Wildman–Crippen MR) is 137 cm³/mol. The van der Waals surface area contributed by atoms with E-state index in [9.17, 15) is 14.0 Å². The molecule has 3 rings (SSSR count). The number of methoxy groups -OCH3 is 1. The van der Waals surface area contributed by atoms with Crippen LogP contribution in [0.5, 0.6) is 5.75 Å². The number of hydrogen-bond donors (Lipinski definition) is 4. The number of amides is 2.